The van der Waals surface area contributed by atoms with E-state index in [4.69, 9.17) is 0 Å². The van der Waals surface area contributed by atoms with Gasteiger partial charge < -0.3 is 0 Å². The second-order valence-electron chi connectivity index (χ2n) is 4.27. The summed E-state index contributed by atoms with van der Waals surface area (Å²) in [4.78, 5) is 0.361. The van der Waals surface area contributed by atoms with Crippen molar-refractivity contribution in [2.24, 2.45) is 0 Å². The first-order chi connectivity index (χ1) is 9.15. The molecule has 0 bridgehead atoms. The number of hydrogen-bond acceptors (Lipinski definition) is 2. The lowest BCUT2D eigenvalue weighted by Crippen LogP contribution is -2.25. The van der Waals surface area contributed by atoms with Crippen LogP contribution in [-0.2, 0) is 10.0 Å². The number of alkyl halides is 1. The molecule has 0 radical (unpaired) electrons. The molecule has 2 rings (SSSR count). The highest BCUT2D eigenvalue weighted by molar-refractivity contribution is 14.1. The van der Waals surface area contributed by atoms with Gasteiger partial charge in [-0.3, -0.25) is 0 Å². The Bertz CT molecular complexity index is 650. The molecule has 0 aliphatic carbocycles. The van der Waals surface area contributed by atoms with Crippen molar-refractivity contribution in [3.05, 3.63) is 42.5 Å². The number of rotatable bonds is 6. The quantitative estimate of drug-likeness (QED) is 0.468. The van der Waals surface area contributed by atoms with E-state index in [9.17, 15) is 8.42 Å². The first-order valence-electron chi connectivity index (χ1n) is 6.18. The molecule has 0 aliphatic rings. The van der Waals surface area contributed by atoms with E-state index in [0.29, 0.717) is 11.4 Å². The molecule has 2 aromatic rings. The molecule has 1 N–H and O–H groups in total. The lowest BCUT2D eigenvalue weighted by atomic mass is 10.1. The summed E-state index contributed by atoms with van der Waals surface area (Å²) in [6.45, 7) is 0.495. The molecule has 0 spiro atoms. The Morgan fingerprint density at radius 1 is 1.00 bits per heavy atom. The van der Waals surface area contributed by atoms with Crippen LogP contribution in [0.3, 0.4) is 0 Å². The minimum atomic E-state index is -3.42. The van der Waals surface area contributed by atoms with Gasteiger partial charge in [0.1, 0.15) is 0 Å². The number of benzene rings is 2. The van der Waals surface area contributed by atoms with E-state index in [1.165, 1.54) is 0 Å². The number of unbranched alkanes of at least 4 members (excludes halogenated alkanes) is 1. The van der Waals surface area contributed by atoms with Crippen molar-refractivity contribution in [3.63, 3.8) is 0 Å². The SMILES string of the molecule is O=S(=O)(NCCCCI)c1cccc2ccccc12. The van der Waals surface area contributed by atoms with E-state index in [1.54, 1.807) is 12.1 Å². The van der Waals surface area contributed by atoms with Crippen LogP contribution in [0.4, 0.5) is 0 Å². The molecule has 0 aliphatic heterocycles. The number of hydrogen-bond donors (Lipinski definition) is 1. The molecule has 2 aromatic carbocycles. The number of fused-ring (bicyclic) bond motifs is 1. The normalized spacial score (nSPS) is 11.8. The molecule has 3 nitrogen and oxygen atoms in total. The van der Waals surface area contributed by atoms with Crippen LogP contribution < -0.4 is 4.72 Å². The second kappa shape index (κ2) is 6.67. The summed E-state index contributed by atoms with van der Waals surface area (Å²) in [5.41, 5.74) is 0. The second-order valence-corrected chi connectivity index (χ2v) is 7.09. The molecule has 5 heteroatoms. The first-order valence-corrected chi connectivity index (χ1v) is 9.19. The van der Waals surface area contributed by atoms with Crippen LogP contribution >= 0.6 is 22.6 Å². The molecule has 0 atom stereocenters. The minimum Gasteiger partial charge on any atom is -0.211 e. The maximum Gasteiger partial charge on any atom is 0.241 e. The molecule has 19 heavy (non-hydrogen) atoms. The minimum absolute atomic E-state index is 0.361. The largest absolute Gasteiger partial charge is 0.241 e. The highest BCUT2D eigenvalue weighted by atomic mass is 127. The van der Waals surface area contributed by atoms with Crippen molar-refractivity contribution in [1.82, 2.24) is 4.72 Å². The third kappa shape index (κ3) is 3.67. The average molecular weight is 389 g/mol. The Hall–Kier alpha value is -0.660. The first kappa shape index (κ1) is 14.7. The van der Waals surface area contributed by atoms with E-state index < -0.39 is 10.0 Å². The van der Waals surface area contributed by atoms with Crippen LogP contribution in [0.5, 0.6) is 0 Å². The lowest BCUT2D eigenvalue weighted by Gasteiger charge is -2.09. The fraction of sp³-hybridized carbons (Fsp3) is 0.286. The molecule has 0 amide bonds. The molecule has 0 unspecified atom stereocenters. The molecule has 102 valence electrons. The van der Waals surface area contributed by atoms with Gasteiger partial charge >= 0.3 is 0 Å². The number of sulfonamides is 1. The van der Waals surface area contributed by atoms with Gasteiger partial charge in [0, 0.05) is 11.9 Å². The Labute approximate surface area is 127 Å². The van der Waals surface area contributed by atoms with Gasteiger partial charge in [-0.15, -0.1) is 0 Å². The summed E-state index contributed by atoms with van der Waals surface area (Å²) in [7, 11) is -3.42. The van der Waals surface area contributed by atoms with E-state index in [0.717, 1.165) is 28.0 Å². The van der Waals surface area contributed by atoms with Crippen molar-refractivity contribution in [3.8, 4) is 0 Å². The molecule has 0 saturated heterocycles. The summed E-state index contributed by atoms with van der Waals surface area (Å²) in [6, 6.07) is 12.9. The molecule has 0 saturated carbocycles. The topological polar surface area (TPSA) is 46.2 Å². The molecular weight excluding hydrogens is 373 g/mol. The predicted octanol–water partition coefficient (Wildman–Crippen LogP) is 3.33. The van der Waals surface area contributed by atoms with Crippen LogP contribution in [0.15, 0.2) is 47.4 Å². The van der Waals surface area contributed by atoms with Crippen LogP contribution in [0, 0.1) is 0 Å². The fourth-order valence-electron chi connectivity index (χ4n) is 1.93. The third-order valence-corrected chi connectivity index (χ3v) is 5.17. The Balaban J connectivity index is 2.28. The maximum atomic E-state index is 12.3. The molecule has 0 fully saturated rings. The summed E-state index contributed by atoms with van der Waals surface area (Å²) in [6.07, 6.45) is 1.89. The molecular formula is C14H16INO2S. The third-order valence-electron chi connectivity index (χ3n) is 2.89. The van der Waals surface area contributed by atoms with Crippen LogP contribution in [0.25, 0.3) is 10.8 Å². The van der Waals surface area contributed by atoms with Gasteiger partial charge in [-0.05, 0) is 28.7 Å². The maximum absolute atomic E-state index is 12.3. The summed E-state index contributed by atoms with van der Waals surface area (Å²) in [5.74, 6) is 0. The summed E-state index contributed by atoms with van der Waals surface area (Å²) in [5, 5.41) is 1.71. The number of halogens is 1. The van der Waals surface area contributed by atoms with Crippen molar-refractivity contribution in [1.29, 1.82) is 0 Å². The zero-order chi connectivity index (χ0) is 13.7. The van der Waals surface area contributed by atoms with Gasteiger partial charge in [0.15, 0.2) is 0 Å². The van der Waals surface area contributed by atoms with E-state index in [2.05, 4.69) is 27.3 Å². The molecule has 0 heterocycles. The van der Waals surface area contributed by atoms with Gasteiger partial charge in [-0.1, -0.05) is 59.0 Å². The number of nitrogens with one attached hydrogen (secondary N) is 1. The van der Waals surface area contributed by atoms with Crippen LogP contribution in [0.2, 0.25) is 0 Å². The van der Waals surface area contributed by atoms with Crippen molar-refractivity contribution >= 4 is 43.4 Å². The highest BCUT2D eigenvalue weighted by Gasteiger charge is 2.15. The lowest BCUT2D eigenvalue weighted by molar-refractivity contribution is 0.579. The van der Waals surface area contributed by atoms with Gasteiger partial charge in [0.05, 0.1) is 4.90 Å². The van der Waals surface area contributed by atoms with Gasteiger partial charge in [-0.25, -0.2) is 13.1 Å². The Morgan fingerprint density at radius 2 is 1.74 bits per heavy atom. The standard InChI is InChI=1S/C14H16INO2S/c15-10-3-4-11-16-19(17,18)14-9-5-7-12-6-1-2-8-13(12)14/h1-2,5-9,16H,3-4,10-11H2. The predicted molar refractivity (Wildman–Crippen MR) is 87.3 cm³/mol. The van der Waals surface area contributed by atoms with E-state index in [1.807, 2.05) is 30.3 Å². The smallest absolute Gasteiger partial charge is 0.211 e. The molecule has 0 aromatic heterocycles. The van der Waals surface area contributed by atoms with Gasteiger partial charge in [0.25, 0.3) is 0 Å². The van der Waals surface area contributed by atoms with Gasteiger partial charge in [-0.2, -0.15) is 0 Å². The highest BCUT2D eigenvalue weighted by Crippen LogP contribution is 2.22. The summed E-state index contributed by atoms with van der Waals surface area (Å²) < 4.78 is 28.3. The zero-order valence-electron chi connectivity index (χ0n) is 10.5. The van der Waals surface area contributed by atoms with Gasteiger partial charge in [0.2, 0.25) is 10.0 Å². The van der Waals surface area contributed by atoms with Crippen LogP contribution in [0.1, 0.15) is 12.8 Å². The van der Waals surface area contributed by atoms with Crippen molar-refractivity contribution in [2.45, 2.75) is 17.7 Å². The zero-order valence-corrected chi connectivity index (χ0v) is 13.4. The van der Waals surface area contributed by atoms with Crippen LogP contribution in [-0.4, -0.2) is 19.4 Å². The van der Waals surface area contributed by atoms with Crippen molar-refractivity contribution in [2.75, 3.05) is 11.0 Å². The Kier molecular flexibility index (Phi) is 5.18. The van der Waals surface area contributed by atoms with E-state index >= 15 is 0 Å². The van der Waals surface area contributed by atoms with Crippen molar-refractivity contribution < 1.29 is 8.42 Å². The van der Waals surface area contributed by atoms with E-state index in [-0.39, 0.29) is 0 Å². The average Bonchev–Trinajstić information content (AvgIpc) is 2.43. The summed E-state index contributed by atoms with van der Waals surface area (Å²) >= 11 is 2.29. The fourth-order valence-corrected chi connectivity index (χ4v) is 3.77. The monoisotopic (exact) mass is 389 g/mol. The Morgan fingerprint density at radius 3 is 2.53 bits per heavy atom.